The predicted molar refractivity (Wildman–Crippen MR) is 134 cm³/mol. The van der Waals surface area contributed by atoms with Crippen LogP contribution in [0.2, 0.25) is 0 Å². The van der Waals surface area contributed by atoms with Crippen molar-refractivity contribution in [1.29, 1.82) is 0 Å². The van der Waals surface area contributed by atoms with Crippen molar-refractivity contribution in [1.82, 2.24) is 9.55 Å². The van der Waals surface area contributed by atoms with Crippen LogP contribution in [0.1, 0.15) is 25.0 Å². The Labute approximate surface area is 186 Å². The number of para-hydroxylation sites is 1. The third kappa shape index (κ3) is 2.12. The summed E-state index contributed by atoms with van der Waals surface area (Å²) >= 11 is 0. The van der Waals surface area contributed by atoms with Crippen LogP contribution >= 0.6 is 0 Å². The van der Waals surface area contributed by atoms with E-state index < -0.39 is 0 Å². The van der Waals surface area contributed by atoms with Crippen molar-refractivity contribution in [2.24, 2.45) is 0 Å². The highest BCUT2D eigenvalue weighted by atomic mass is 15.1. The summed E-state index contributed by atoms with van der Waals surface area (Å²) in [6, 6.07) is 32.9. The van der Waals surface area contributed by atoms with Crippen LogP contribution in [-0.2, 0) is 5.41 Å². The van der Waals surface area contributed by atoms with Crippen molar-refractivity contribution < 1.29 is 0 Å². The number of aromatic nitrogens is 2. The zero-order chi connectivity index (χ0) is 21.4. The molecule has 0 atom stereocenters. The van der Waals surface area contributed by atoms with Gasteiger partial charge in [-0.05, 0) is 45.8 Å². The summed E-state index contributed by atoms with van der Waals surface area (Å²) in [4.78, 5) is 4.76. The van der Waals surface area contributed by atoms with E-state index in [2.05, 4.69) is 103 Å². The van der Waals surface area contributed by atoms with Gasteiger partial charge in [-0.3, -0.25) is 4.57 Å². The highest BCUT2D eigenvalue weighted by Crippen LogP contribution is 2.53. The molecule has 0 N–H and O–H groups in total. The summed E-state index contributed by atoms with van der Waals surface area (Å²) in [5.41, 5.74) is 7.89. The molecule has 0 saturated carbocycles. The molecule has 7 rings (SSSR count). The molecule has 0 saturated heterocycles. The summed E-state index contributed by atoms with van der Waals surface area (Å²) in [6.07, 6.45) is 1.88. The average Bonchev–Trinajstić information content (AvgIpc) is 3.30. The van der Waals surface area contributed by atoms with Gasteiger partial charge in [0.25, 0.3) is 0 Å². The van der Waals surface area contributed by atoms with E-state index in [0.29, 0.717) is 0 Å². The Morgan fingerprint density at radius 3 is 2.34 bits per heavy atom. The van der Waals surface area contributed by atoms with Crippen molar-refractivity contribution in [2.75, 3.05) is 0 Å². The van der Waals surface area contributed by atoms with Crippen molar-refractivity contribution in [3.8, 4) is 16.9 Å². The van der Waals surface area contributed by atoms with Gasteiger partial charge in [-0.25, -0.2) is 4.98 Å². The van der Waals surface area contributed by atoms with Gasteiger partial charge in [0.15, 0.2) is 0 Å². The summed E-state index contributed by atoms with van der Waals surface area (Å²) in [5.74, 6) is 0.956. The Hall–Kier alpha value is -3.91. The first-order chi connectivity index (χ1) is 15.7. The molecule has 4 aromatic carbocycles. The molecule has 6 aromatic rings. The minimum absolute atomic E-state index is 0.0783. The maximum Gasteiger partial charge on any atom is 0.137 e. The van der Waals surface area contributed by atoms with Crippen molar-refractivity contribution in [2.45, 2.75) is 19.3 Å². The second-order valence-corrected chi connectivity index (χ2v) is 9.26. The van der Waals surface area contributed by atoms with Crippen LogP contribution in [0.25, 0.3) is 49.5 Å². The molecule has 0 bridgehead atoms. The Morgan fingerprint density at radius 2 is 1.47 bits per heavy atom. The Kier molecular flexibility index (Phi) is 3.37. The van der Waals surface area contributed by atoms with E-state index in [9.17, 15) is 0 Å². The average molecular weight is 411 g/mol. The van der Waals surface area contributed by atoms with Gasteiger partial charge in [0.2, 0.25) is 0 Å². The van der Waals surface area contributed by atoms with Crippen molar-refractivity contribution >= 4 is 32.6 Å². The number of hydrogen-bond acceptors (Lipinski definition) is 1. The van der Waals surface area contributed by atoms with Crippen LogP contribution in [0.15, 0.2) is 97.2 Å². The van der Waals surface area contributed by atoms with Gasteiger partial charge in [-0.2, -0.15) is 0 Å². The van der Waals surface area contributed by atoms with E-state index >= 15 is 0 Å². The number of nitrogens with zero attached hydrogens (tertiary/aromatic N) is 2. The highest BCUT2D eigenvalue weighted by Gasteiger charge is 2.37. The van der Waals surface area contributed by atoms with Gasteiger partial charge in [-0.1, -0.05) is 86.6 Å². The number of benzene rings is 4. The van der Waals surface area contributed by atoms with Crippen LogP contribution in [0.4, 0.5) is 0 Å². The number of fused-ring (bicyclic) bond motifs is 9. The summed E-state index contributed by atoms with van der Waals surface area (Å²) in [6.45, 7) is 4.73. The molecule has 32 heavy (non-hydrogen) atoms. The molecular formula is C30H22N2. The first-order valence-corrected chi connectivity index (χ1v) is 11.2. The Balaban J connectivity index is 1.76. The zero-order valence-electron chi connectivity index (χ0n) is 18.1. The maximum atomic E-state index is 4.76. The summed E-state index contributed by atoms with van der Waals surface area (Å²) in [5, 5.41) is 5.15. The SMILES string of the molecule is CC1(C)c2ccccc2-c2ccc3ccc4c5ccccc5n(-c5ccccn5)c4c3c21. The predicted octanol–water partition coefficient (Wildman–Crippen LogP) is 7.64. The quantitative estimate of drug-likeness (QED) is 0.272. The third-order valence-corrected chi connectivity index (χ3v) is 7.21. The van der Waals surface area contributed by atoms with E-state index in [0.717, 1.165) is 5.82 Å². The molecular weight excluding hydrogens is 388 g/mol. The van der Waals surface area contributed by atoms with E-state index in [1.807, 2.05) is 12.3 Å². The molecule has 0 spiro atoms. The van der Waals surface area contributed by atoms with Crippen LogP contribution in [0.3, 0.4) is 0 Å². The monoisotopic (exact) mass is 410 g/mol. The van der Waals surface area contributed by atoms with Crippen LogP contribution in [-0.4, -0.2) is 9.55 Å². The molecule has 1 aliphatic rings. The van der Waals surface area contributed by atoms with E-state index in [1.54, 1.807) is 0 Å². The van der Waals surface area contributed by atoms with E-state index in [1.165, 1.54) is 54.8 Å². The van der Waals surface area contributed by atoms with Crippen molar-refractivity contribution in [3.05, 3.63) is 108 Å². The van der Waals surface area contributed by atoms with E-state index in [-0.39, 0.29) is 5.41 Å². The number of hydrogen-bond donors (Lipinski definition) is 0. The lowest BCUT2D eigenvalue weighted by atomic mass is 9.80. The van der Waals surface area contributed by atoms with Gasteiger partial charge in [0, 0.05) is 27.8 Å². The van der Waals surface area contributed by atoms with Gasteiger partial charge in [0.05, 0.1) is 11.0 Å². The lowest BCUT2D eigenvalue weighted by molar-refractivity contribution is 0.666. The molecule has 0 radical (unpaired) electrons. The third-order valence-electron chi connectivity index (χ3n) is 7.21. The Bertz CT molecular complexity index is 1690. The molecule has 0 amide bonds. The largest absolute Gasteiger partial charge is 0.293 e. The van der Waals surface area contributed by atoms with Gasteiger partial charge >= 0.3 is 0 Å². The first kappa shape index (κ1) is 17.7. The van der Waals surface area contributed by atoms with Gasteiger partial charge in [-0.15, -0.1) is 0 Å². The summed E-state index contributed by atoms with van der Waals surface area (Å²) < 4.78 is 2.35. The standard InChI is InChI=1S/C30H22N2/c1-30(2)24-11-5-3-9-20(24)22-16-14-19-15-17-23-21-10-4-6-12-25(21)32(26-13-7-8-18-31-26)29(23)27(19)28(22)30/h3-18H,1-2H3. The molecule has 2 nitrogen and oxygen atoms in total. The van der Waals surface area contributed by atoms with E-state index in [4.69, 9.17) is 4.98 Å². The summed E-state index contributed by atoms with van der Waals surface area (Å²) in [7, 11) is 0. The van der Waals surface area contributed by atoms with Crippen LogP contribution in [0, 0.1) is 0 Å². The van der Waals surface area contributed by atoms with Gasteiger partial charge < -0.3 is 0 Å². The molecule has 0 unspecified atom stereocenters. The fourth-order valence-electron chi connectivity index (χ4n) is 5.86. The van der Waals surface area contributed by atoms with Crippen LogP contribution < -0.4 is 0 Å². The molecule has 0 aliphatic heterocycles. The number of pyridine rings is 1. The molecule has 2 heteroatoms. The Morgan fingerprint density at radius 1 is 0.688 bits per heavy atom. The maximum absolute atomic E-state index is 4.76. The van der Waals surface area contributed by atoms with Gasteiger partial charge in [0.1, 0.15) is 5.82 Å². The molecule has 1 aliphatic carbocycles. The topological polar surface area (TPSA) is 17.8 Å². The highest BCUT2D eigenvalue weighted by molar-refractivity contribution is 6.20. The minimum Gasteiger partial charge on any atom is -0.293 e. The van der Waals surface area contributed by atoms with Crippen molar-refractivity contribution in [3.63, 3.8) is 0 Å². The minimum atomic E-state index is -0.0783. The normalized spacial score (nSPS) is 14.2. The second kappa shape index (κ2) is 6.08. The fraction of sp³-hybridized carbons (Fsp3) is 0.100. The number of rotatable bonds is 1. The zero-order valence-corrected chi connectivity index (χ0v) is 18.1. The first-order valence-electron chi connectivity index (χ1n) is 11.2. The fourth-order valence-corrected chi connectivity index (χ4v) is 5.86. The smallest absolute Gasteiger partial charge is 0.137 e. The second-order valence-electron chi connectivity index (χ2n) is 9.26. The molecule has 0 fully saturated rings. The molecule has 152 valence electrons. The molecule has 2 aromatic heterocycles. The molecule has 2 heterocycles. The lowest BCUT2D eigenvalue weighted by Crippen LogP contribution is -2.15. The lowest BCUT2D eigenvalue weighted by Gasteiger charge is -2.24. The van der Waals surface area contributed by atoms with Crippen LogP contribution in [0.5, 0.6) is 0 Å².